The number of allylic oxidation sites excluding steroid dienone is 3. The summed E-state index contributed by atoms with van der Waals surface area (Å²) in [6, 6.07) is 0. The Morgan fingerprint density at radius 1 is 1.42 bits per heavy atom. The summed E-state index contributed by atoms with van der Waals surface area (Å²) < 4.78 is 5.31. The van der Waals surface area contributed by atoms with E-state index in [-0.39, 0.29) is 6.10 Å². The second kappa shape index (κ2) is 4.01. The van der Waals surface area contributed by atoms with Gasteiger partial charge in [-0.3, -0.25) is 0 Å². The zero-order chi connectivity index (χ0) is 8.97. The van der Waals surface area contributed by atoms with E-state index in [9.17, 15) is 0 Å². The highest BCUT2D eigenvalue weighted by molar-refractivity contribution is 5.09. The monoisotopic (exact) mass is 169 g/mol. The molecule has 0 unspecified atom stereocenters. The van der Waals surface area contributed by atoms with Gasteiger partial charge in [-0.15, -0.1) is 0 Å². The van der Waals surface area contributed by atoms with E-state index >= 15 is 0 Å². The fraction of sp³-hybridized carbons (Fsp3) is 0.500. The molecule has 0 spiro atoms. The van der Waals surface area contributed by atoms with E-state index in [1.165, 1.54) is 0 Å². The highest BCUT2D eigenvalue weighted by atomic mass is 16.5. The second-order valence-electron chi connectivity index (χ2n) is 2.88. The van der Waals surface area contributed by atoms with E-state index in [4.69, 9.17) is 16.2 Å². The van der Waals surface area contributed by atoms with Gasteiger partial charge in [-0.2, -0.15) is 0 Å². The van der Waals surface area contributed by atoms with E-state index in [1.54, 1.807) is 19.1 Å². The van der Waals surface area contributed by atoms with Crippen molar-refractivity contribution in [1.82, 2.24) is 5.32 Å². The lowest BCUT2D eigenvalue weighted by molar-refractivity contribution is 0.0698. The largest absolute Gasteiger partial charge is 0.473 e. The Hall–Kier alpha value is -1.16. The van der Waals surface area contributed by atoms with Crippen molar-refractivity contribution in [2.24, 2.45) is 11.5 Å². The minimum atomic E-state index is 0.229. The van der Waals surface area contributed by atoms with Gasteiger partial charge in [-0.25, -0.2) is 0 Å². The standard InChI is InChI=1S/C8H15N3O/c1-6(9)2-3-8(10)12-7-4-11-5-7/h2-3,7,11H,4-5,9-10H2,1H3/b6-2-,8-3+. The Morgan fingerprint density at radius 3 is 2.50 bits per heavy atom. The van der Waals surface area contributed by atoms with Gasteiger partial charge in [0.15, 0.2) is 5.88 Å². The summed E-state index contributed by atoms with van der Waals surface area (Å²) in [5.41, 5.74) is 11.7. The number of nitrogens with one attached hydrogen (secondary N) is 1. The van der Waals surface area contributed by atoms with Crippen molar-refractivity contribution in [2.45, 2.75) is 13.0 Å². The summed E-state index contributed by atoms with van der Waals surface area (Å²) in [7, 11) is 0. The lowest BCUT2D eigenvalue weighted by Gasteiger charge is -2.27. The van der Waals surface area contributed by atoms with Crippen LogP contribution in [0.25, 0.3) is 0 Å². The first kappa shape index (κ1) is 8.93. The first-order chi connectivity index (χ1) is 5.68. The number of hydrogen-bond donors (Lipinski definition) is 3. The zero-order valence-electron chi connectivity index (χ0n) is 7.21. The number of ether oxygens (including phenoxy) is 1. The summed E-state index contributed by atoms with van der Waals surface area (Å²) in [6.07, 6.45) is 3.63. The van der Waals surface area contributed by atoms with E-state index in [0.29, 0.717) is 11.6 Å². The van der Waals surface area contributed by atoms with Crippen molar-refractivity contribution in [1.29, 1.82) is 0 Å². The van der Waals surface area contributed by atoms with Gasteiger partial charge in [0, 0.05) is 18.8 Å². The maximum atomic E-state index is 5.54. The van der Waals surface area contributed by atoms with Crippen LogP contribution in [-0.2, 0) is 4.74 Å². The summed E-state index contributed by atoms with van der Waals surface area (Å²) in [5.74, 6) is 0.423. The van der Waals surface area contributed by atoms with Gasteiger partial charge in [0.25, 0.3) is 0 Å². The van der Waals surface area contributed by atoms with Crippen LogP contribution in [0.1, 0.15) is 6.92 Å². The summed E-state index contributed by atoms with van der Waals surface area (Å²) in [6.45, 7) is 3.55. The average Bonchev–Trinajstić information content (AvgIpc) is 1.93. The van der Waals surface area contributed by atoms with Crippen molar-refractivity contribution in [3.8, 4) is 0 Å². The van der Waals surface area contributed by atoms with Crippen LogP contribution in [0.15, 0.2) is 23.7 Å². The predicted molar refractivity (Wildman–Crippen MR) is 48.0 cm³/mol. The fourth-order valence-corrected chi connectivity index (χ4v) is 0.791. The highest BCUT2D eigenvalue weighted by Gasteiger charge is 2.17. The molecule has 0 aromatic carbocycles. The van der Waals surface area contributed by atoms with Gasteiger partial charge in [-0.1, -0.05) is 0 Å². The molecule has 0 atom stereocenters. The van der Waals surface area contributed by atoms with Crippen molar-refractivity contribution < 1.29 is 4.74 Å². The Balaban J connectivity index is 2.30. The lowest BCUT2D eigenvalue weighted by atomic mass is 10.2. The Kier molecular flexibility index (Phi) is 2.99. The van der Waals surface area contributed by atoms with Gasteiger partial charge in [0.1, 0.15) is 6.10 Å². The summed E-state index contributed by atoms with van der Waals surface area (Å²) in [5, 5.41) is 3.08. The molecule has 68 valence electrons. The quantitative estimate of drug-likeness (QED) is 0.398. The van der Waals surface area contributed by atoms with E-state index in [1.807, 2.05) is 0 Å². The number of hydrogen-bond acceptors (Lipinski definition) is 4. The van der Waals surface area contributed by atoms with E-state index < -0.39 is 0 Å². The fourth-order valence-electron chi connectivity index (χ4n) is 0.791. The minimum Gasteiger partial charge on any atom is -0.473 e. The van der Waals surface area contributed by atoms with Gasteiger partial charge in [0.2, 0.25) is 0 Å². The van der Waals surface area contributed by atoms with Crippen LogP contribution in [-0.4, -0.2) is 19.2 Å². The van der Waals surface area contributed by atoms with Gasteiger partial charge < -0.3 is 21.5 Å². The first-order valence-corrected chi connectivity index (χ1v) is 3.95. The maximum Gasteiger partial charge on any atom is 0.184 e. The molecule has 0 radical (unpaired) electrons. The molecule has 0 saturated carbocycles. The third kappa shape index (κ3) is 2.84. The van der Waals surface area contributed by atoms with Gasteiger partial charge in [-0.05, 0) is 19.1 Å². The molecule has 1 aliphatic heterocycles. The molecule has 1 saturated heterocycles. The Morgan fingerprint density at radius 2 is 2.08 bits per heavy atom. The van der Waals surface area contributed by atoms with Crippen LogP contribution >= 0.6 is 0 Å². The normalized spacial score (nSPS) is 20.4. The molecule has 0 amide bonds. The second-order valence-corrected chi connectivity index (χ2v) is 2.88. The van der Waals surface area contributed by atoms with Crippen molar-refractivity contribution in [3.05, 3.63) is 23.7 Å². The van der Waals surface area contributed by atoms with Crippen molar-refractivity contribution in [3.63, 3.8) is 0 Å². The van der Waals surface area contributed by atoms with Crippen LogP contribution in [0, 0.1) is 0 Å². The van der Waals surface area contributed by atoms with E-state index in [0.717, 1.165) is 13.1 Å². The summed E-state index contributed by atoms with van der Waals surface area (Å²) in [4.78, 5) is 0. The lowest BCUT2D eigenvalue weighted by Crippen LogP contribution is -2.48. The molecule has 0 aromatic rings. The van der Waals surface area contributed by atoms with Crippen LogP contribution in [0.5, 0.6) is 0 Å². The summed E-state index contributed by atoms with van der Waals surface area (Å²) >= 11 is 0. The third-order valence-corrected chi connectivity index (χ3v) is 1.56. The number of nitrogens with two attached hydrogens (primary N) is 2. The van der Waals surface area contributed by atoms with Crippen LogP contribution in [0.3, 0.4) is 0 Å². The Bertz CT molecular complexity index is 202. The minimum absolute atomic E-state index is 0.229. The average molecular weight is 169 g/mol. The topological polar surface area (TPSA) is 73.3 Å². The molecular formula is C8H15N3O. The molecule has 0 aromatic heterocycles. The molecule has 4 nitrogen and oxygen atoms in total. The molecule has 0 bridgehead atoms. The van der Waals surface area contributed by atoms with Crippen LogP contribution in [0.4, 0.5) is 0 Å². The molecular weight excluding hydrogens is 154 g/mol. The first-order valence-electron chi connectivity index (χ1n) is 3.95. The highest BCUT2D eigenvalue weighted by Crippen LogP contribution is 2.02. The predicted octanol–water partition coefficient (Wildman–Crippen LogP) is -0.363. The maximum absolute atomic E-state index is 5.54. The van der Waals surface area contributed by atoms with Crippen molar-refractivity contribution >= 4 is 0 Å². The zero-order valence-corrected chi connectivity index (χ0v) is 7.21. The molecule has 4 heteroatoms. The smallest absolute Gasteiger partial charge is 0.184 e. The third-order valence-electron chi connectivity index (χ3n) is 1.56. The van der Waals surface area contributed by atoms with Crippen LogP contribution in [0.2, 0.25) is 0 Å². The molecule has 12 heavy (non-hydrogen) atoms. The molecule has 1 fully saturated rings. The SMILES string of the molecule is C/C(N)=C/C=C(\N)OC1CNC1. The van der Waals surface area contributed by atoms with Crippen molar-refractivity contribution in [2.75, 3.05) is 13.1 Å². The van der Waals surface area contributed by atoms with Gasteiger partial charge in [0.05, 0.1) is 0 Å². The molecule has 5 N–H and O–H groups in total. The molecule has 1 rings (SSSR count). The van der Waals surface area contributed by atoms with E-state index in [2.05, 4.69) is 5.32 Å². The molecule has 1 aliphatic rings. The molecule has 0 aliphatic carbocycles. The molecule has 1 heterocycles. The Labute approximate surface area is 72.3 Å². The van der Waals surface area contributed by atoms with Gasteiger partial charge >= 0.3 is 0 Å². The number of rotatable bonds is 3. The van der Waals surface area contributed by atoms with Crippen LogP contribution < -0.4 is 16.8 Å².